The van der Waals surface area contributed by atoms with E-state index in [4.69, 9.17) is 5.73 Å². The quantitative estimate of drug-likeness (QED) is 0.650. The zero-order valence-corrected chi connectivity index (χ0v) is 12.3. The average Bonchev–Trinajstić information content (AvgIpc) is 2.46. The highest BCUT2D eigenvalue weighted by Crippen LogP contribution is 2.19. The molecule has 1 rings (SSSR count). The number of rotatable bonds is 9. The van der Waals surface area contributed by atoms with Crippen LogP contribution >= 0.6 is 0 Å². The molecule has 1 aromatic carbocycles. The van der Waals surface area contributed by atoms with Crippen molar-refractivity contribution in [3.8, 4) is 0 Å². The van der Waals surface area contributed by atoms with Crippen molar-refractivity contribution >= 4 is 11.6 Å². The van der Waals surface area contributed by atoms with Gasteiger partial charge in [0.05, 0.1) is 6.61 Å². The molecule has 1 amide bonds. The summed E-state index contributed by atoms with van der Waals surface area (Å²) in [7, 11) is 0. The number of nitrogens with one attached hydrogen (secondary N) is 1. The van der Waals surface area contributed by atoms with Crippen molar-refractivity contribution in [2.45, 2.75) is 45.6 Å². The minimum atomic E-state index is -0.0674. The summed E-state index contributed by atoms with van der Waals surface area (Å²) in [5, 5.41) is 12.1. The first kappa shape index (κ1) is 16.7. The van der Waals surface area contributed by atoms with E-state index in [0.29, 0.717) is 24.6 Å². The van der Waals surface area contributed by atoms with E-state index in [1.807, 2.05) is 24.3 Å². The van der Waals surface area contributed by atoms with Gasteiger partial charge in [-0.05, 0) is 31.4 Å². The van der Waals surface area contributed by atoms with Gasteiger partial charge in [0.25, 0.3) is 0 Å². The van der Waals surface area contributed by atoms with E-state index in [0.717, 1.165) is 31.2 Å². The minimum absolute atomic E-state index is 0.00373. The van der Waals surface area contributed by atoms with Gasteiger partial charge in [0.1, 0.15) is 0 Å². The summed E-state index contributed by atoms with van der Waals surface area (Å²) in [6.07, 6.45) is 4.61. The van der Waals surface area contributed by atoms with E-state index in [-0.39, 0.29) is 12.5 Å². The highest BCUT2D eigenvalue weighted by Gasteiger charge is 2.11. The Labute approximate surface area is 121 Å². The molecule has 20 heavy (non-hydrogen) atoms. The van der Waals surface area contributed by atoms with Gasteiger partial charge in [0, 0.05) is 17.7 Å². The Morgan fingerprint density at radius 2 is 2.05 bits per heavy atom. The number of amides is 1. The van der Waals surface area contributed by atoms with E-state index in [9.17, 15) is 9.90 Å². The van der Waals surface area contributed by atoms with Crippen LogP contribution < -0.4 is 11.1 Å². The molecular weight excluding hydrogens is 252 g/mol. The molecule has 0 aromatic heterocycles. The Balaban J connectivity index is 2.46. The molecule has 0 saturated carbocycles. The number of benzene rings is 1. The van der Waals surface area contributed by atoms with Gasteiger partial charge in [-0.3, -0.25) is 4.79 Å². The first-order valence-corrected chi connectivity index (χ1v) is 7.39. The Morgan fingerprint density at radius 1 is 1.30 bits per heavy atom. The predicted octanol–water partition coefficient (Wildman–Crippen LogP) is 2.66. The predicted molar refractivity (Wildman–Crippen MR) is 82.3 cm³/mol. The molecule has 0 spiro atoms. The summed E-state index contributed by atoms with van der Waals surface area (Å²) < 4.78 is 0. The van der Waals surface area contributed by atoms with Crippen LogP contribution in [0.1, 0.15) is 44.6 Å². The molecule has 0 aliphatic rings. The van der Waals surface area contributed by atoms with Crippen LogP contribution in [-0.4, -0.2) is 17.6 Å². The van der Waals surface area contributed by atoms with Gasteiger partial charge >= 0.3 is 0 Å². The fourth-order valence-corrected chi connectivity index (χ4v) is 2.41. The lowest BCUT2D eigenvalue weighted by atomic mass is 9.94. The van der Waals surface area contributed by atoms with Gasteiger partial charge < -0.3 is 16.2 Å². The number of anilines is 1. The first-order valence-electron chi connectivity index (χ1n) is 7.39. The van der Waals surface area contributed by atoms with Gasteiger partial charge in [0.15, 0.2) is 0 Å². The third kappa shape index (κ3) is 5.72. The van der Waals surface area contributed by atoms with Crippen LogP contribution in [0.15, 0.2) is 24.3 Å². The van der Waals surface area contributed by atoms with E-state index >= 15 is 0 Å². The summed E-state index contributed by atoms with van der Waals surface area (Å²) in [5.41, 5.74) is 7.04. The number of carbonyl (C=O) groups is 1. The van der Waals surface area contributed by atoms with Crippen molar-refractivity contribution in [3.05, 3.63) is 29.8 Å². The van der Waals surface area contributed by atoms with Crippen LogP contribution in [0, 0.1) is 5.92 Å². The fraction of sp³-hybridized carbons (Fsp3) is 0.562. The number of hydrogen-bond donors (Lipinski definition) is 3. The first-order chi connectivity index (χ1) is 9.71. The maximum atomic E-state index is 12.0. The maximum absolute atomic E-state index is 12.0. The lowest BCUT2D eigenvalue weighted by Crippen LogP contribution is -2.16. The lowest BCUT2D eigenvalue weighted by molar-refractivity contribution is -0.116. The minimum Gasteiger partial charge on any atom is -0.392 e. The van der Waals surface area contributed by atoms with Crippen molar-refractivity contribution < 1.29 is 9.90 Å². The van der Waals surface area contributed by atoms with E-state index in [1.54, 1.807) is 0 Å². The second-order valence-electron chi connectivity index (χ2n) is 5.13. The van der Waals surface area contributed by atoms with Gasteiger partial charge in [-0.1, -0.05) is 38.0 Å². The Bertz CT molecular complexity index is 401. The second kappa shape index (κ2) is 9.50. The molecule has 0 heterocycles. The lowest BCUT2D eigenvalue weighted by Gasteiger charge is -2.15. The van der Waals surface area contributed by atoms with Gasteiger partial charge in [-0.25, -0.2) is 0 Å². The summed E-state index contributed by atoms with van der Waals surface area (Å²) in [4.78, 5) is 12.0. The number of aliphatic hydroxyl groups is 1. The van der Waals surface area contributed by atoms with Crippen molar-refractivity contribution in [1.29, 1.82) is 0 Å². The monoisotopic (exact) mass is 278 g/mol. The van der Waals surface area contributed by atoms with Crippen LogP contribution in [0.25, 0.3) is 0 Å². The second-order valence-corrected chi connectivity index (χ2v) is 5.13. The molecular formula is C16H26N2O2. The van der Waals surface area contributed by atoms with Crippen LogP contribution in [0.3, 0.4) is 0 Å². The van der Waals surface area contributed by atoms with Gasteiger partial charge in [0.2, 0.25) is 5.91 Å². The Hall–Kier alpha value is -1.39. The van der Waals surface area contributed by atoms with Gasteiger partial charge in [-0.15, -0.1) is 0 Å². The van der Waals surface area contributed by atoms with Crippen LogP contribution in [0.4, 0.5) is 5.69 Å². The molecule has 4 nitrogen and oxygen atoms in total. The molecule has 0 aliphatic heterocycles. The maximum Gasteiger partial charge on any atom is 0.224 e. The zero-order valence-electron chi connectivity index (χ0n) is 12.3. The summed E-state index contributed by atoms with van der Waals surface area (Å²) in [6.45, 7) is 2.77. The normalized spacial score (nSPS) is 12.2. The molecule has 0 aliphatic carbocycles. The number of hydrogen-bond acceptors (Lipinski definition) is 3. The Kier molecular flexibility index (Phi) is 7.92. The zero-order chi connectivity index (χ0) is 14.8. The summed E-state index contributed by atoms with van der Waals surface area (Å²) in [6, 6.07) is 7.32. The molecule has 1 unspecified atom stereocenters. The molecule has 4 heteroatoms. The molecule has 4 N–H and O–H groups in total. The van der Waals surface area contributed by atoms with Crippen molar-refractivity contribution in [2.75, 3.05) is 11.9 Å². The average molecular weight is 278 g/mol. The van der Waals surface area contributed by atoms with Gasteiger partial charge in [-0.2, -0.15) is 0 Å². The standard InChI is InChI=1S/C16H26N2O2/c1-2-5-13(10-11-17)8-9-16(20)18-15-7-4-3-6-14(15)12-19/h3-4,6-7,13,19H,2,5,8-12,17H2,1H3,(H,18,20). The topological polar surface area (TPSA) is 75.4 Å². The summed E-state index contributed by atoms with van der Waals surface area (Å²) in [5.74, 6) is 0.535. The number of para-hydroxylation sites is 1. The highest BCUT2D eigenvalue weighted by molar-refractivity contribution is 5.91. The molecule has 0 bridgehead atoms. The SMILES string of the molecule is CCCC(CCN)CCC(=O)Nc1ccccc1CO. The Morgan fingerprint density at radius 3 is 2.70 bits per heavy atom. The third-order valence-corrected chi connectivity index (χ3v) is 3.51. The number of carbonyl (C=O) groups excluding carboxylic acids is 1. The van der Waals surface area contributed by atoms with E-state index in [1.165, 1.54) is 0 Å². The van der Waals surface area contributed by atoms with E-state index in [2.05, 4.69) is 12.2 Å². The number of aliphatic hydroxyl groups excluding tert-OH is 1. The summed E-state index contributed by atoms with van der Waals surface area (Å²) >= 11 is 0. The van der Waals surface area contributed by atoms with E-state index < -0.39 is 0 Å². The molecule has 112 valence electrons. The van der Waals surface area contributed by atoms with Crippen molar-refractivity contribution in [2.24, 2.45) is 11.7 Å². The largest absolute Gasteiger partial charge is 0.392 e. The molecule has 0 radical (unpaired) electrons. The van der Waals surface area contributed by atoms with Crippen LogP contribution in [-0.2, 0) is 11.4 Å². The molecule has 1 atom stereocenters. The van der Waals surface area contributed by atoms with Crippen LogP contribution in [0.5, 0.6) is 0 Å². The fourth-order valence-electron chi connectivity index (χ4n) is 2.41. The highest BCUT2D eigenvalue weighted by atomic mass is 16.3. The molecule has 1 aromatic rings. The number of nitrogens with two attached hydrogens (primary N) is 1. The molecule has 0 fully saturated rings. The van der Waals surface area contributed by atoms with Crippen molar-refractivity contribution in [1.82, 2.24) is 0 Å². The smallest absolute Gasteiger partial charge is 0.224 e. The third-order valence-electron chi connectivity index (χ3n) is 3.51. The molecule has 0 saturated heterocycles. The van der Waals surface area contributed by atoms with Crippen molar-refractivity contribution in [3.63, 3.8) is 0 Å². The van der Waals surface area contributed by atoms with Crippen LogP contribution in [0.2, 0.25) is 0 Å².